The molecule has 3 heteroatoms. The predicted octanol–water partition coefficient (Wildman–Crippen LogP) is 2.06. The van der Waals surface area contributed by atoms with E-state index in [9.17, 15) is 4.79 Å². The molecule has 0 aromatic carbocycles. The minimum atomic E-state index is 0.193. The van der Waals surface area contributed by atoms with Crippen LogP contribution in [0.25, 0.3) is 0 Å². The molecule has 2 saturated carbocycles. The summed E-state index contributed by atoms with van der Waals surface area (Å²) in [6, 6.07) is 0.437. The van der Waals surface area contributed by atoms with Gasteiger partial charge in [0.1, 0.15) is 0 Å². The third-order valence-electron chi connectivity index (χ3n) is 4.81. The van der Waals surface area contributed by atoms with Crippen LogP contribution in [-0.2, 0) is 4.79 Å². The summed E-state index contributed by atoms with van der Waals surface area (Å²) in [7, 11) is 0. The second-order valence-corrected chi connectivity index (χ2v) is 5.75. The average molecular weight is 238 g/mol. The zero-order valence-electron chi connectivity index (χ0n) is 11.0. The summed E-state index contributed by atoms with van der Waals surface area (Å²) in [6.45, 7) is 2.90. The van der Waals surface area contributed by atoms with Gasteiger partial charge in [-0.05, 0) is 44.1 Å². The molecule has 17 heavy (non-hydrogen) atoms. The molecule has 98 valence electrons. The largest absolute Gasteiger partial charge is 0.353 e. The van der Waals surface area contributed by atoms with Gasteiger partial charge >= 0.3 is 0 Å². The molecule has 2 unspecified atom stereocenters. The summed E-state index contributed by atoms with van der Waals surface area (Å²) in [5, 5.41) is 3.29. The van der Waals surface area contributed by atoms with Gasteiger partial charge < -0.3 is 11.1 Å². The third-order valence-corrected chi connectivity index (χ3v) is 4.81. The van der Waals surface area contributed by atoms with E-state index in [2.05, 4.69) is 12.2 Å². The second-order valence-electron chi connectivity index (χ2n) is 5.75. The van der Waals surface area contributed by atoms with Gasteiger partial charge in [-0.1, -0.05) is 26.2 Å². The molecule has 0 saturated heterocycles. The molecule has 0 bridgehead atoms. The fourth-order valence-corrected chi connectivity index (χ4v) is 3.67. The molecule has 2 aliphatic rings. The highest BCUT2D eigenvalue weighted by molar-refractivity contribution is 5.79. The van der Waals surface area contributed by atoms with Gasteiger partial charge in [-0.2, -0.15) is 0 Å². The maximum absolute atomic E-state index is 12.3. The van der Waals surface area contributed by atoms with E-state index in [0.29, 0.717) is 24.4 Å². The van der Waals surface area contributed by atoms with E-state index < -0.39 is 0 Å². The van der Waals surface area contributed by atoms with Crippen molar-refractivity contribution in [3.8, 4) is 0 Å². The maximum atomic E-state index is 12.3. The first-order valence-corrected chi connectivity index (χ1v) is 7.26. The van der Waals surface area contributed by atoms with Crippen molar-refractivity contribution >= 4 is 5.91 Å². The molecule has 2 aliphatic carbocycles. The van der Waals surface area contributed by atoms with E-state index in [1.54, 1.807) is 0 Å². The quantitative estimate of drug-likeness (QED) is 0.787. The van der Waals surface area contributed by atoms with Crippen molar-refractivity contribution in [2.45, 2.75) is 57.9 Å². The predicted molar refractivity (Wildman–Crippen MR) is 69.4 cm³/mol. The number of nitrogens with two attached hydrogens (primary N) is 1. The lowest BCUT2D eigenvalue weighted by molar-refractivity contribution is -0.126. The monoisotopic (exact) mass is 238 g/mol. The Morgan fingerprint density at radius 1 is 1.18 bits per heavy atom. The van der Waals surface area contributed by atoms with Crippen LogP contribution in [0.2, 0.25) is 0 Å². The van der Waals surface area contributed by atoms with E-state index in [0.717, 1.165) is 12.8 Å². The van der Waals surface area contributed by atoms with Gasteiger partial charge in [-0.3, -0.25) is 4.79 Å². The summed E-state index contributed by atoms with van der Waals surface area (Å²) in [4.78, 5) is 12.3. The molecule has 2 rings (SSSR count). The highest BCUT2D eigenvalue weighted by atomic mass is 16.2. The Labute approximate surface area is 105 Å². The van der Waals surface area contributed by atoms with Gasteiger partial charge in [0.05, 0.1) is 0 Å². The van der Waals surface area contributed by atoms with Gasteiger partial charge in [-0.15, -0.1) is 0 Å². The molecule has 0 aliphatic heterocycles. The average Bonchev–Trinajstić information content (AvgIpc) is 2.96. The molecule has 2 fully saturated rings. The van der Waals surface area contributed by atoms with E-state index in [1.807, 2.05) is 0 Å². The van der Waals surface area contributed by atoms with Crippen LogP contribution in [0.3, 0.4) is 0 Å². The number of hydrogen-bond acceptors (Lipinski definition) is 2. The minimum absolute atomic E-state index is 0.193. The van der Waals surface area contributed by atoms with Crippen molar-refractivity contribution in [1.82, 2.24) is 5.32 Å². The lowest BCUT2D eigenvalue weighted by atomic mass is 9.94. The standard InChI is InChI=1S/C14H26N2O/c1-2-10-5-4-8-13(10)16-14(17)12-7-3-6-11(12)9-15/h10-13H,2-9,15H2,1H3,(H,16,17)/t10?,11-,12-,13?/m1/s1. The van der Waals surface area contributed by atoms with Gasteiger partial charge in [0, 0.05) is 12.0 Å². The van der Waals surface area contributed by atoms with Crippen LogP contribution < -0.4 is 11.1 Å². The van der Waals surface area contributed by atoms with Crippen LogP contribution in [0.15, 0.2) is 0 Å². The normalized spacial score (nSPS) is 37.3. The van der Waals surface area contributed by atoms with Crippen LogP contribution in [0.5, 0.6) is 0 Å². The first-order chi connectivity index (χ1) is 8.26. The summed E-state index contributed by atoms with van der Waals surface area (Å²) >= 11 is 0. The van der Waals surface area contributed by atoms with E-state index in [-0.39, 0.29) is 11.8 Å². The van der Waals surface area contributed by atoms with Crippen LogP contribution in [-0.4, -0.2) is 18.5 Å². The molecule has 1 amide bonds. The molecule has 3 nitrogen and oxygen atoms in total. The number of carbonyl (C=O) groups is 1. The summed E-state index contributed by atoms with van der Waals surface area (Å²) in [6.07, 6.45) is 8.26. The Balaban J connectivity index is 1.88. The Hall–Kier alpha value is -0.570. The van der Waals surface area contributed by atoms with Crippen LogP contribution in [0.1, 0.15) is 51.9 Å². The molecular weight excluding hydrogens is 212 g/mol. The first kappa shape index (κ1) is 12.9. The highest BCUT2D eigenvalue weighted by Gasteiger charge is 2.34. The summed E-state index contributed by atoms with van der Waals surface area (Å²) in [5.41, 5.74) is 5.74. The molecule has 0 heterocycles. The molecular formula is C14H26N2O. The number of rotatable bonds is 4. The van der Waals surface area contributed by atoms with Crippen molar-refractivity contribution in [3.05, 3.63) is 0 Å². The van der Waals surface area contributed by atoms with Crippen molar-refractivity contribution in [2.75, 3.05) is 6.54 Å². The smallest absolute Gasteiger partial charge is 0.223 e. The summed E-state index contributed by atoms with van der Waals surface area (Å²) < 4.78 is 0. The topological polar surface area (TPSA) is 55.1 Å². The Morgan fingerprint density at radius 3 is 2.59 bits per heavy atom. The van der Waals surface area contributed by atoms with Gasteiger partial charge in [0.25, 0.3) is 0 Å². The first-order valence-electron chi connectivity index (χ1n) is 7.26. The molecule has 0 aromatic rings. The van der Waals surface area contributed by atoms with Crippen molar-refractivity contribution < 1.29 is 4.79 Å². The fraction of sp³-hybridized carbons (Fsp3) is 0.929. The Bertz CT molecular complexity index is 267. The van der Waals surface area contributed by atoms with E-state index in [1.165, 1.54) is 32.1 Å². The number of nitrogens with one attached hydrogen (secondary N) is 1. The summed E-state index contributed by atoms with van der Waals surface area (Å²) in [5.74, 6) is 1.61. The maximum Gasteiger partial charge on any atom is 0.223 e. The van der Waals surface area contributed by atoms with Crippen LogP contribution in [0.4, 0.5) is 0 Å². The number of hydrogen-bond donors (Lipinski definition) is 2. The zero-order valence-corrected chi connectivity index (χ0v) is 11.0. The van der Waals surface area contributed by atoms with Crippen molar-refractivity contribution in [2.24, 2.45) is 23.5 Å². The third kappa shape index (κ3) is 2.82. The van der Waals surface area contributed by atoms with Gasteiger partial charge in [0.2, 0.25) is 5.91 Å². The highest BCUT2D eigenvalue weighted by Crippen LogP contribution is 2.33. The van der Waals surface area contributed by atoms with Gasteiger partial charge in [0.15, 0.2) is 0 Å². The van der Waals surface area contributed by atoms with Crippen LogP contribution in [0, 0.1) is 17.8 Å². The molecule has 0 spiro atoms. The zero-order chi connectivity index (χ0) is 12.3. The van der Waals surface area contributed by atoms with Crippen LogP contribution >= 0.6 is 0 Å². The molecule has 0 radical (unpaired) electrons. The Kier molecular flexibility index (Phi) is 4.43. The number of carbonyl (C=O) groups excluding carboxylic acids is 1. The molecule has 4 atom stereocenters. The molecule has 0 aromatic heterocycles. The molecule has 3 N–H and O–H groups in total. The SMILES string of the molecule is CCC1CCCC1NC(=O)[C@@H]1CCC[C@@H]1CN. The fourth-order valence-electron chi connectivity index (χ4n) is 3.67. The van der Waals surface area contributed by atoms with E-state index >= 15 is 0 Å². The van der Waals surface area contributed by atoms with Gasteiger partial charge in [-0.25, -0.2) is 0 Å². The lowest BCUT2D eigenvalue weighted by Gasteiger charge is -2.24. The second kappa shape index (κ2) is 5.85. The Morgan fingerprint density at radius 2 is 1.88 bits per heavy atom. The number of amides is 1. The minimum Gasteiger partial charge on any atom is -0.353 e. The lowest BCUT2D eigenvalue weighted by Crippen LogP contribution is -2.42. The van der Waals surface area contributed by atoms with Crippen molar-refractivity contribution in [1.29, 1.82) is 0 Å². The van der Waals surface area contributed by atoms with E-state index in [4.69, 9.17) is 5.73 Å². The van der Waals surface area contributed by atoms with Crippen molar-refractivity contribution in [3.63, 3.8) is 0 Å².